The number of carbonyl (C=O) groups excluding carboxylic acids is 1. The van der Waals surface area contributed by atoms with Crippen LogP contribution in [0.25, 0.3) is 22.4 Å². The Labute approximate surface area is 265 Å². The van der Waals surface area contributed by atoms with Gasteiger partial charge in [0.25, 0.3) is 10.0 Å². The first-order valence-corrected chi connectivity index (χ1v) is 15.9. The summed E-state index contributed by atoms with van der Waals surface area (Å²) in [4.78, 5) is 22.6. The molecule has 0 aliphatic heterocycles. The summed E-state index contributed by atoms with van der Waals surface area (Å²) in [5.74, 6) is -3.51. The summed E-state index contributed by atoms with van der Waals surface area (Å²) >= 11 is 0. The third kappa shape index (κ3) is 7.97. The van der Waals surface area contributed by atoms with Crippen LogP contribution in [0, 0.1) is 11.6 Å². The summed E-state index contributed by atoms with van der Waals surface area (Å²) in [6.07, 6.45) is -3.25. The molecule has 0 bridgehead atoms. The van der Waals surface area contributed by atoms with Crippen LogP contribution in [0.5, 0.6) is 0 Å². The van der Waals surface area contributed by atoms with Crippen LogP contribution in [0.15, 0.2) is 77.7 Å². The molecular weight excluding hydrogens is 620 g/mol. The number of nitrogens with two attached hydrogens (primary N) is 1. The first-order valence-electron chi connectivity index (χ1n) is 14.5. The lowest BCUT2D eigenvalue weighted by Gasteiger charge is -2.20. The number of nitrogens with one attached hydrogen (secondary N) is 1. The molecule has 4 aromatic rings. The number of carboxylic acid groups (broad SMARTS) is 1. The maximum Gasteiger partial charge on any atom is 0.305 e. The largest absolute Gasteiger partial charge is 0.481 e. The molecule has 1 amide bonds. The molecule has 0 aliphatic carbocycles. The normalized spacial score (nSPS) is 13.0. The predicted molar refractivity (Wildman–Crippen MR) is 169 cm³/mol. The molecule has 0 saturated heterocycles. The number of benzene rings is 3. The minimum absolute atomic E-state index is 0.00426. The van der Waals surface area contributed by atoms with Crippen LogP contribution in [0.3, 0.4) is 0 Å². The number of aliphatic hydroxyl groups is 2. The van der Waals surface area contributed by atoms with Crippen molar-refractivity contribution in [2.75, 3.05) is 4.72 Å². The fraction of sp³-hybridized carbons (Fsp3) is 0.273. The minimum Gasteiger partial charge on any atom is -0.481 e. The second-order valence-electron chi connectivity index (χ2n) is 11.2. The van der Waals surface area contributed by atoms with Crippen LogP contribution >= 0.6 is 0 Å². The number of halogens is 2. The summed E-state index contributed by atoms with van der Waals surface area (Å²) < 4.78 is 61.2. The highest BCUT2D eigenvalue weighted by atomic mass is 32.2. The van der Waals surface area contributed by atoms with E-state index in [9.17, 15) is 37.0 Å². The van der Waals surface area contributed by atoms with Gasteiger partial charge in [-0.15, -0.1) is 0 Å². The number of aliphatic carboxylic acids is 1. The molecular formula is C33H35F2N3O7S. The van der Waals surface area contributed by atoms with E-state index in [0.717, 1.165) is 0 Å². The Morgan fingerprint density at radius 1 is 0.913 bits per heavy atom. The number of anilines is 1. The number of sulfonamides is 1. The van der Waals surface area contributed by atoms with Crippen molar-refractivity contribution in [2.45, 2.75) is 62.7 Å². The van der Waals surface area contributed by atoms with Crippen LogP contribution in [-0.2, 0) is 21.4 Å². The van der Waals surface area contributed by atoms with Crippen molar-refractivity contribution in [2.24, 2.45) is 5.73 Å². The molecule has 1 heterocycles. The molecule has 46 heavy (non-hydrogen) atoms. The van der Waals surface area contributed by atoms with E-state index >= 15 is 0 Å². The lowest BCUT2D eigenvalue weighted by molar-refractivity contribution is -0.139. The van der Waals surface area contributed by atoms with Crippen molar-refractivity contribution < 1.29 is 42.1 Å². The third-order valence-corrected chi connectivity index (χ3v) is 8.82. The van der Waals surface area contributed by atoms with Gasteiger partial charge in [-0.25, -0.2) is 17.2 Å². The van der Waals surface area contributed by atoms with Gasteiger partial charge in [0, 0.05) is 29.1 Å². The summed E-state index contributed by atoms with van der Waals surface area (Å²) in [5, 5.41) is 29.8. The molecule has 0 aliphatic rings. The molecule has 1 aromatic heterocycles. The highest BCUT2D eigenvalue weighted by molar-refractivity contribution is 7.93. The van der Waals surface area contributed by atoms with Gasteiger partial charge in [0.1, 0.15) is 16.5 Å². The molecule has 6 N–H and O–H groups in total. The smallest absolute Gasteiger partial charge is 0.305 e. The average Bonchev–Trinajstić information content (AvgIpc) is 3.33. The molecule has 0 saturated carbocycles. The Morgan fingerprint density at radius 2 is 1.50 bits per heavy atom. The molecule has 0 radical (unpaired) electrons. The quantitative estimate of drug-likeness (QED) is 0.126. The van der Waals surface area contributed by atoms with E-state index < -0.39 is 58.1 Å². The fourth-order valence-electron chi connectivity index (χ4n) is 5.42. The van der Waals surface area contributed by atoms with Gasteiger partial charge < -0.3 is 25.6 Å². The minimum atomic E-state index is -4.47. The highest BCUT2D eigenvalue weighted by Crippen LogP contribution is 2.45. The maximum absolute atomic E-state index is 14.4. The van der Waals surface area contributed by atoms with Crippen molar-refractivity contribution in [3.8, 4) is 22.4 Å². The SMILES string of the molecule is CC(C)c1c(S(=O)(=O)Nc2cccc(C(N)=O)c2)c(-c2ccc(F)cc2)c(-c2ccc(F)cc2)n1CC[C@@H](O)C[C@@H](O)CC(=O)O. The van der Waals surface area contributed by atoms with Gasteiger partial charge in [0.05, 0.1) is 24.3 Å². The summed E-state index contributed by atoms with van der Waals surface area (Å²) in [5.41, 5.74) is 7.16. The van der Waals surface area contributed by atoms with Crippen LogP contribution < -0.4 is 10.5 Å². The number of hydrogen-bond acceptors (Lipinski definition) is 6. The van der Waals surface area contributed by atoms with Crippen molar-refractivity contribution in [3.63, 3.8) is 0 Å². The Kier molecular flexibility index (Phi) is 10.6. The molecule has 244 valence electrons. The summed E-state index contributed by atoms with van der Waals surface area (Å²) in [7, 11) is -4.47. The maximum atomic E-state index is 14.4. The first kappa shape index (κ1) is 34.3. The summed E-state index contributed by atoms with van der Waals surface area (Å²) in [6.45, 7) is 3.56. The standard InChI is InChI=1S/C33H35F2N3O7S/c1-19(2)30-32(46(44,45)37-25-5-3-4-22(16-25)33(36)43)29(20-6-10-23(34)11-7-20)31(21-8-12-24(35)13-9-21)38(30)15-14-26(39)17-27(40)18-28(41)42/h3-13,16,19,26-27,37,39-40H,14-15,17-18H2,1-2H3,(H2,36,43)(H,41,42)/t26-,27-/m1/s1. The van der Waals surface area contributed by atoms with Crippen LogP contribution in [-0.4, -0.2) is 52.4 Å². The van der Waals surface area contributed by atoms with E-state index in [1.807, 2.05) is 0 Å². The van der Waals surface area contributed by atoms with Gasteiger partial charge >= 0.3 is 5.97 Å². The van der Waals surface area contributed by atoms with Gasteiger partial charge in [-0.2, -0.15) is 0 Å². The molecule has 0 fully saturated rings. The van der Waals surface area contributed by atoms with Crippen molar-refractivity contribution in [3.05, 3.63) is 95.7 Å². The van der Waals surface area contributed by atoms with E-state index in [1.54, 1.807) is 18.4 Å². The molecule has 3 aromatic carbocycles. The monoisotopic (exact) mass is 655 g/mol. The van der Waals surface area contributed by atoms with E-state index in [1.165, 1.54) is 72.8 Å². The molecule has 2 atom stereocenters. The van der Waals surface area contributed by atoms with E-state index in [2.05, 4.69) is 4.72 Å². The topological polar surface area (TPSA) is 172 Å². The highest BCUT2D eigenvalue weighted by Gasteiger charge is 2.34. The zero-order chi connectivity index (χ0) is 33.8. The van der Waals surface area contributed by atoms with Gasteiger partial charge in [-0.1, -0.05) is 32.0 Å². The third-order valence-electron chi connectivity index (χ3n) is 7.36. The molecule has 0 unspecified atom stereocenters. The lowest BCUT2D eigenvalue weighted by atomic mass is 10.00. The number of primary amides is 1. The molecule has 10 nitrogen and oxygen atoms in total. The van der Waals surface area contributed by atoms with Gasteiger partial charge in [0.2, 0.25) is 5.91 Å². The van der Waals surface area contributed by atoms with Crippen LogP contribution in [0.1, 0.15) is 55.1 Å². The zero-order valence-corrected chi connectivity index (χ0v) is 26.0. The Morgan fingerprint density at radius 3 is 2.04 bits per heavy atom. The number of nitrogens with zero attached hydrogens (tertiary/aromatic N) is 1. The first-order chi connectivity index (χ1) is 21.7. The average molecular weight is 656 g/mol. The van der Waals surface area contributed by atoms with Crippen LogP contribution in [0.4, 0.5) is 14.5 Å². The van der Waals surface area contributed by atoms with Gasteiger partial charge in [-0.3, -0.25) is 14.3 Å². The fourth-order valence-corrected chi connectivity index (χ4v) is 7.06. The van der Waals surface area contributed by atoms with Gasteiger partial charge in [-0.05, 0) is 84.5 Å². The Bertz CT molecular complexity index is 1820. The number of amides is 1. The van der Waals surface area contributed by atoms with Gasteiger partial charge in [0.15, 0.2) is 0 Å². The number of hydrogen-bond donors (Lipinski definition) is 5. The molecule has 13 heteroatoms. The lowest BCUT2D eigenvalue weighted by Crippen LogP contribution is -2.22. The molecule has 4 rings (SSSR count). The number of aliphatic hydroxyl groups excluding tert-OH is 2. The predicted octanol–water partition coefficient (Wildman–Crippen LogP) is 5.10. The number of aromatic nitrogens is 1. The number of carbonyl (C=O) groups is 2. The van der Waals surface area contributed by atoms with E-state index in [4.69, 9.17) is 10.8 Å². The number of carboxylic acids is 1. The van der Waals surface area contributed by atoms with Crippen molar-refractivity contribution >= 4 is 27.6 Å². The second-order valence-corrected chi connectivity index (χ2v) is 12.9. The second kappa shape index (κ2) is 14.2. The van der Waals surface area contributed by atoms with Crippen molar-refractivity contribution in [1.29, 1.82) is 0 Å². The summed E-state index contributed by atoms with van der Waals surface area (Å²) in [6, 6.07) is 16.3. The zero-order valence-electron chi connectivity index (χ0n) is 25.2. The molecule has 0 spiro atoms. The Hall–Kier alpha value is -4.59. The Balaban J connectivity index is 1.98. The van der Waals surface area contributed by atoms with Crippen molar-refractivity contribution in [1.82, 2.24) is 4.57 Å². The van der Waals surface area contributed by atoms with E-state index in [0.29, 0.717) is 22.5 Å². The number of rotatable bonds is 14. The van der Waals surface area contributed by atoms with Crippen LogP contribution in [0.2, 0.25) is 0 Å². The van der Waals surface area contributed by atoms with E-state index in [-0.39, 0.29) is 41.1 Å².